The summed E-state index contributed by atoms with van der Waals surface area (Å²) in [5, 5.41) is 1.11. The minimum atomic E-state index is -0.385. The first kappa shape index (κ1) is 21.4. The lowest BCUT2D eigenvalue weighted by molar-refractivity contribution is 0.0601. The fourth-order valence-electron chi connectivity index (χ4n) is 3.54. The first-order valence-electron chi connectivity index (χ1n) is 10.6. The molecule has 0 aliphatic heterocycles. The zero-order valence-corrected chi connectivity index (χ0v) is 18.4. The molecule has 4 nitrogen and oxygen atoms in total. The van der Waals surface area contributed by atoms with Crippen molar-refractivity contribution in [1.29, 1.82) is 0 Å². The Morgan fingerprint density at radius 3 is 2.56 bits per heavy atom. The predicted octanol–water partition coefficient (Wildman–Crippen LogP) is 5.95. The minimum Gasteiger partial charge on any atom is -0.465 e. The molecule has 0 fully saturated rings. The summed E-state index contributed by atoms with van der Waals surface area (Å²) in [4.78, 5) is 15.7. The van der Waals surface area contributed by atoms with E-state index in [-0.39, 0.29) is 12.1 Å². The standard InChI is InChI=1S/C28H25NO3/c1-19(2)32-18-21-9-7-20(8-10-21)11-12-23-5-4-6-25(28(30)31-3)27(23)24-14-13-22-15-16-29-26(22)17-24/h4-10,13-17,19,29H,18H2,1-3H3. The first-order chi connectivity index (χ1) is 15.5. The van der Waals surface area contributed by atoms with Gasteiger partial charge in [0.05, 0.1) is 25.4 Å². The van der Waals surface area contributed by atoms with E-state index in [1.807, 2.05) is 80.7 Å². The highest BCUT2D eigenvalue weighted by Gasteiger charge is 2.17. The predicted molar refractivity (Wildman–Crippen MR) is 127 cm³/mol. The van der Waals surface area contributed by atoms with E-state index in [4.69, 9.17) is 9.47 Å². The minimum absolute atomic E-state index is 0.195. The van der Waals surface area contributed by atoms with Crippen LogP contribution in [0.2, 0.25) is 0 Å². The maximum absolute atomic E-state index is 12.5. The average Bonchev–Trinajstić information content (AvgIpc) is 3.29. The van der Waals surface area contributed by atoms with Crippen molar-refractivity contribution >= 4 is 16.9 Å². The molecule has 0 saturated heterocycles. The summed E-state index contributed by atoms with van der Waals surface area (Å²) in [5.74, 6) is 6.10. The Hall–Kier alpha value is -3.81. The third-order valence-electron chi connectivity index (χ3n) is 5.19. The van der Waals surface area contributed by atoms with Gasteiger partial charge >= 0.3 is 5.97 Å². The van der Waals surface area contributed by atoms with E-state index in [1.54, 1.807) is 6.07 Å². The van der Waals surface area contributed by atoms with Crippen molar-refractivity contribution in [3.63, 3.8) is 0 Å². The van der Waals surface area contributed by atoms with Crippen molar-refractivity contribution in [1.82, 2.24) is 4.98 Å². The van der Waals surface area contributed by atoms with Gasteiger partial charge in [-0.25, -0.2) is 4.79 Å². The van der Waals surface area contributed by atoms with E-state index in [9.17, 15) is 4.79 Å². The number of H-pyrrole nitrogens is 1. The molecule has 0 aliphatic rings. The molecule has 1 heterocycles. The zero-order chi connectivity index (χ0) is 22.5. The number of aromatic nitrogens is 1. The smallest absolute Gasteiger partial charge is 0.338 e. The van der Waals surface area contributed by atoms with Crippen LogP contribution in [0.3, 0.4) is 0 Å². The van der Waals surface area contributed by atoms with E-state index >= 15 is 0 Å². The molecule has 1 N–H and O–H groups in total. The number of carbonyl (C=O) groups excluding carboxylic acids is 1. The summed E-state index contributed by atoms with van der Waals surface area (Å²) in [6.07, 6.45) is 2.09. The van der Waals surface area contributed by atoms with E-state index in [0.717, 1.165) is 38.7 Å². The number of ether oxygens (including phenoxy) is 2. The molecule has 0 radical (unpaired) electrons. The molecule has 4 aromatic rings. The van der Waals surface area contributed by atoms with Gasteiger partial charge in [0.15, 0.2) is 0 Å². The molecule has 32 heavy (non-hydrogen) atoms. The Balaban J connectivity index is 1.73. The summed E-state index contributed by atoms with van der Waals surface area (Å²) in [6, 6.07) is 21.6. The number of methoxy groups -OCH3 is 1. The summed E-state index contributed by atoms with van der Waals surface area (Å²) in [5.41, 5.74) is 5.94. The van der Waals surface area contributed by atoms with Gasteiger partial charge in [-0.3, -0.25) is 0 Å². The molecule has 0 spiro atoms. The normalized spacial score (nSPS) is 10.8. The first-order valence-corrected chi connectivity index (χ1v) is 10.6. The third-order valence-corrected chi connectivity index (χ3v) is 5.19. The molecule has 0 atom stereocenters. The lowest BCUT2D eigenvalue weighted by Gasteiger charge is -2.11. The van der Waals surface area contributed by atoms with E-state index < -0.39 is 0 Å². The molecule has 160 valence electrons. The molecule has 3 aromatic carbocycles. The van der Waals surface area contributed by atoms with Gasteiger partial charge in [-0.05, 0) is 66.8 Å². The Morgan fingerprint density at radius 1 is 1.00 bits per heavy atom. The van der Waals surface area contributed by atoms with Gasteiger partial charge in [0.1, 0.15) is 0 Å². The van der Waals surface area contributed by atoms with Crippen LogP contribution < -0.4 is 0 Å². The largest absolute Gasteiger partial charge is 0.465 e. The number of fused-ring (bicyclic) bond motifs is 1. The van der Waals surface area contributed by atoms with Crippen LogP contribution in [-0.2, 0) is 16.1 Å². The highest BCUT2D eigenvalue weighted by molar-refractivity contribution is 6.00. The number of rotatable bonds is 5. The van der Waals surface area contributed by atoms with Gasteiger partial charge < -0.3 is 14.5 Å². The third kappa shape index (κ3) is 4.74. The fourth-order valence-corrected chi connectivity index (χ4v) is 3.54. The zero-order valence-electron chi connectivity index (χ0n) is 18.4. The van der Waals surface area contributed by atoms with E-state index in [2.05, 4.69) is 16.8 Å². The summed E-state index contributed by atoms with van der Waals surface area (Å²) < 4.78 is 10.7. The number of nitrogens with one attached hydrogen (secondary N) is 1. The molecule has 4 heteroatoms. The van der Waals surface area contributed by atoms with Crippen LogP contribution in [0.25, 0.3) is 22.0 Å². The van der Waals surface area contributed by atoms with Crippen LogP contribution in [0, 0.1) is 11.8 Å². The van der Waals surface area contributed by atoms with Crippen LogP contribution >= 0.6 is 0 Å². The van der Waals surface area contributed by atoms with Crippen molar-refractivity contribution in [2.75, 3.05) is 7.11 Å². The van der Waals surface area contributed by atoms with Crippen LogP contribution in [0.15, 0.2) is 72.9 Å². The summed E-state index contributed by atoms with van der Waals surface area (Å²) in [7, 11) is 1.39. The number of hydrogen-bond donors (Lipinski definition) is 1. The molecule has 0 saturated carbocycles. The lowest BCUT2D eigenvalue weighted by atomic mass is 9.93. The monoisotopic (exact) mass is 423 g/mol. The van der Waals surface area contributed by atoms with Crippen molar-refractivity contribution in [3.8, 4) is 23.0 Å². The maximum atomic E-state index is 12.5. The average molecular weight is 424 g/mol. The van der Waals surface area contributed by atoms with Crippen LogP contribution in [-0.4, -0.2) is 24.2 Å². The van der Waals surface area contributed by atoms with E-state index in [0.29, 0.717) is 12.2 Å². The van der Waals surface area contributed by atoms with Gasteiger partial charge in [0, 0.05) is 28.4 Å². The van der Waals surface area contributed by atoms with Gasteiger partial charge in [0.25, 0.3) is 0 Å². The Morgan fingerprint density at radius 2 is 1.81 bits per heavy atom. The number of hydrogen-bond acceptors (Lipinski definition) is 3. The number of benzene rings is 3. The Labute approximate surface area is 188 Å². The van der Waals surface area contributed by atoms with Crippen molar-refractivity contribution in [3.05, 3.63) is 95.2 Å². The van der Waals surface area contributed by atoms with Gasteiger partial charge in [-0.2, -0.15) is 0 Å². The topological polar surface area (TPSA) is 51.3 Å². The van der Waals surface area contributed by atoms with Crippen molar-refractivity contribution in [2.24, 2.45) is 0 Å². The van der Waals surface area contributed by atoms with Crippen LogP contribution in [0.5, 0.6) is 0 Å². The molecule has 0 unspecified atom stereocenters. The maximum Gasteiger partial charge on any atom is 0.338 e. The summed E-state index contributed by atoms with van der Waals surface area (Å²) >= 11 is 0. The quantitative estimate of drug-likeness (QED) is 0.319. The lowest BCUT2D eigenvalue weighted by Crippen LogP contribution is -2.05. The Kier molecular flexibility index (Phi) is 6.39. The Bertz CT molecular complexity index is 1300. The summed E-state index contributed by atoms with van der Waals surface area (Å²) in [6.45, 7) is 4.62. The van der Waals surface area contributed by atoms with Crippen molar-refractivity contribution < 1.29 is 14.3 Å². The molecule has 4 rings (SSSR count). The molecule has 0 bridgehead atoms. The second-order valence-corrected chi connectivity index (χ2v) is 7.81. The number of aromatic amines is 1. The molecular formula is C28H25NO3. The number of carbonyl (C=O) groups is 1. The van der Waals surface area contributed by atoms with E-state index in [1.165, 1.54) is 7.11 Å². The SMILES string of the molecule is COC(=O)c1cccc(C#Cc2ccc(COC(C)C)cc2)c1-c1ccc2cc[nH]c2c1. The molecule has 0 amide bonds. The highest BCUT2D eigenvalue weighted by Crippen LogP contribution is 2.30. The molecule has 1 aromatic heterocycles. The van der Waals surface area contributed by atoms with Crippen molar-refractivity contribution in [2.45, 2.75) is 26.6 Å². The van der Waals surface area contributed by atoms with Gasteiger partial charge in [-0.1, -0.05) is 42.2 Å². The number of esters is 1. The highest BCUT2D eigenvalue weighted by atomic mass is 16.5. The molecule has 0 aliphatic carbocycles. The molecular weight excluding hydrogens is 398 g/mol. The second kappa shape index (κ2) is 9.55. The van der Waals surface area contributed by atoms with Gasteiger partial charge in [-0.15, -0.1) is 0 Å². The second-order valence-electron chi connectivity index (χ2n) is 7.81. The van der Waals surface area contributed by atoms with Crippen LogP contribution in [0.4, 0.5) is 0 Å². The van der Waals surface area contributed by atoms with Crippen LogP contribution in [0.1, 0.15) is 40.9 Å². The fraction of sp³-hybridized carbons (Fsp3) is 0.179. The van der Waals surface area contributed by atoms with Gasteiger partial charge in [0.2, 0.25) is 0 Å².